The number of halogens is 2. The molecule has 0 aromatic heterocycles. The van der Waals surface area contributed by atoms with Crippen LogP contribution in [-0.4, -0.2) is 0 Å². The molecule has 9 heavy (non-hydrogen) atoms. The van der Waals surface area contributed by atoms with Gasteiger partial charge in [-0.15, -0.1) is 0 Å². The van der Waals surface area contributed by atoms with E-state index in [1.807, 2.05) is 0 Å². The van der Waals surface area contributed by atoms with Gasteiger partial charge in [-0.3, -0.25) is 0 Å². The van der Waals surface area contributed by atoms with Crippen molar-refractivity contribution in [2.45, 2.75) is 32.6 Å². The number of rotatable bonds is 3. The first kappa shape index (κ1) is 22.6. The molecule has 0 saturated heterocycles. The SMILES string of the molecule is [CH2]CCCCC.[I-].[I-].[Sm]. The zero-order chi connectivity index (χ0) is 4.83. The van der Waals surface area contributed by atoms with Crippen LogP contribution in [0.15, 0.2) is 0 Å². The van der Waals surface area contributed by atoms with Gasteiger partial charge in [0.2, 0.25) is 0 Å². The van der Waals surface area contributed by atoms with E-state index in [0.717, 1.165) is 6.42 Å². The van der Waals surface area contributed by atoms with Crippen molar-refractivity contribution < 1.29 is 88.3 Å². The Morgan fingerprint density at radius 3 is 1.67 bits per heavy atom. The van der Waals surface area contributed by atoms with Crippen LogP contribution in [0.5, 0.6) is 0 Å². The minimum Gasteiger partial charge on any atom is -1.00 e. The molecule has 0 aromatic rings. The number of hydrogen-bond acceptors (Lipinski definition) is 0. The number of unbranched alkanes of at least 4 members (excludes halogenated alkanes) is 3. The van der Waals surface area contributed by atoms with Gasteiger partial charge >= 0.3 is 0 Å². The van der Waals surface area contributed by atoms with Crippen LogP contribution >= 0.6 is 0 Å². The Kier molecular flexibility index (Phi) is 56.4. The molecule has 0 spiro atoms. The van der Waals surface area contributed by atoms with E-state index in [-0.39, 0.29) is 88.3 Å². The van der Waals surface area contributed by atoms with Gasteiger partial charge < -0.3 is 48.0 Å². The minimum atomic E-state index is 0. The Morgan fingerprint density at radius 1 is 1.11 bits per heavy atom. The molecular formula is C6H13I2Sm-2. The molecule has 0 aliphatic carbocycles. The van der Waals surface area contributed by atoms with Gasteiger partial charge in [-0.05, 0) is 0 Å². The van der Waals surface area contributed by atoms with Crippen LogP contribution in [0.3, 0.4) is 0 Å². The van der Waals surface area contributed by atoms with Crippen molar-refractivity contribution in [2.24, 2.45) is 0 Å². The monoisotopic (exact) mass is 491 g/mol. The van der Waals surface area contributed by atoms with Crippen molar-refractivity contribution in [2.75, 3.05) is 0 Å². The summed E-state index contributed by atoms with van der Waals surface area (Å²) in [6.07, 6.45) is 5.07. The van der Waals surface area contributed by atoms with Crippen molar-refractivity contribution in [3.63, 3.8) is 0 Å². The summed E-state index contributed by atoms with van der Waals surface area (Å²) >= 11 is 0. The van der Waals surface area contributed by atoms with Crippen LogP contribution < -0.4 is 48.0 Å². The molecule has 0 amide bonds. The molecular weight excluding hydrogens is 476 g/mol. The van der Waals surface area contributed by atoms with Gasteiger partial charge in [0.05, 0.1) is 0 Å². The second-order valence-electron chi connectivity index (χ2n) is 1.56. The molecule has 0 nitrogen and oxygen atoms in total. The van der Waals surface area contributed by atoms with E-state index in [0.29, 0.717) is 0 Å². The predicted octanol–water partition coefficient (Wildman–Crippen LogP) is -3.59. The molecule has 1 radical (unpaired) electrons. The maximum Gasteiger partial charge on any atom is 0 e. The first-order valence-corrected chi connectivity index (χ1v) is 2.71. The van der Waals surface area contributed by atoms with Crippen molar-refractivity contribution in [3.8, 4) is 0 Å². The second-order valence-corrected chi connectivity index (χ2v) is 1.56. The molecule has 0 aliphatic heterocycles. The summed E-state index contributed by atoms with van der Waals surface area (Å²) in [6, 6.07) is 0. The summed E-state index contributed by atoms with van der Waals surface area (Å²) in [6.45, 7) is 5.93. The molecule has 59 valence electrons. The van der Waals surface area contributed by atoms with Gasteiger partial charge in [0.25, 0.3) is 0 Å². The third-order valence-corrected chi connectivity index (χ3v) is 0.854. The van der Waals surface area contributed by atoms with Crippen LogP contribution in [0.25, 0.3) is 0 Å². The van der Waals surface area contributed by atoms with Crippen molar-refractivity contribution >= 4 is 0 Å². The molecule has 0 atom stereocenters. The molecule has 0 fully saturated rings. The molecule has 3 heteroatoms. The fraction of sp³-hybridized carbons (Fsp3) is 0.833. The second kappa shape index (κ2) is 22.4. The van der Waals surface area contributed by atoms with E-state index in [9.17, 15) is 0 Å². The summed E-state index contributed by atoms with van der Waals surface area (Å²) in [5.41, 5.74) is 0. The van der Waals surface area contributed by atoms with Crippen LogP contribution in [0.4, 0.5) is 0 Å². The van der Waals surface area contributed by atoms with Gasteiger partial charge in [0.15, 0.2) is 0 Å². The molecule has 0 aliphatic rings. The van der Waals surface area contributed by atoms with E-state index in [4.69, 9.17) is 0 Å². The third kappa shape index (κ3) is 24.9. The topological polar surface area (TPSA) is 0 Å². The number of hydrogen-bond donors (Lipinski definition) is 0. The maximum absolute atomic E-state index is 3.72. The first-order chi connectivity index (χ1) is 2.91. The van der Waals surface area contributed by atoms with Crippen LogP contribution in [-0.2, 0) is 0 Å². The first-order valence-electron chi connectivity index (χ1n) is 2.71. The Morgan fingerprint density at radius 2 is 1.56 bits per heavy atom. The van der Waals surface area contributed by atoms with Crippen molar-refractivity contribution in [1.29, 1.82) is 0 Å². The summed E-state index contributed by atoms with van der Waals surface area (Å²) in [5.74, 6) is 0. The zero-order valence-corrected chi connectivity index (χ0v) is 12.6. The molecule has 0 heterocycles. The van der Waals surface area contributed by atoms with E-state index >= 15 is 0 Å². The van der Waals surface area contributed by atoms with Crippen LogP contribution in [0.1, 0.15) is 32.6 Å². The van der Waals surface area contributed by atoms with E-state index in [1.165, 1.54) is 19.3 Å². The summed E-state index contributed by atoms with van der Waals surface area (Å²) in [5, 5.41) is 0. The predicted molar refractivity (Wildman–Crippen MR) is 29.5 cm³/mol. The van der Waals surface area contributed by atoms with Crippen LogP contribution in [0, 0.1) is 47.3 Å². The summed E-state index contributed by atoms with van der Waals surface area (Å²) in [4.78, 5) is 0. The van der Waals surface area contributed by atoms with Gasteiger partial charge in [-0.1, -0.05) is 39.5 Å². The Labute approximate surface area is 125 Å². The summed E-state index contributed by atoms with van der Waals surface area (Å²) in [7, 11) is 0. The Hall–Kier alpha value is 2.80. The van der Waals surface area contributed by atoms with E-state index < -0.39 is 0 Å². The van der Waals surface area contributed by atoms with Crippen LogP contribution in [0.2, 0.25) is 0 Å². The average molecular weight is 489 g/mol. The van der Waals surface area contributed by atoms with Crippen molar-refractivity contribution in [3.05, 3.63) is 6.92 Å². The summed E-state index contributed by atoms with van der Waals surface area (Å²) < 4.78 is 0. The smallest absolute Gasteiger partial charge is 0 e. The Balaban J connectivity index is -0.0000000417. The zero-order valence-electron chi connectivity index (χ0n) is 5.70. The molecule has 0 saturated carbocycles. The minimum absolute atomic E-state index is 0. The van der Waals surface area contributed by atoms with Gasteiger partial charge in [0.1, 0.15) is 0 Å². The molecule has 0 bridgehead atoms. The molecule has 0 N–H and O–H groups in total. The van der Waals surface area contributed by atoms with Gasteiger partial charge in [0, 0.05) is 40.4 Å². The fourth-order valence-corrected chi connectivity index (χ4v) is 0.427. The maximum atomic E-state index is 3.72. The Bertz CT molecular complexity index is 23.0. The fourth-order valence-electron chi connectivity index (χ4n) is 0.427. The van der Waals surface area contributed by atoms with Crippen molar-refractivity contribution in [1.82, 2.24) is 0 Å². The largest absolute Gasteiger partial charge is 1.00 e. The standard InChI is InChI=1S/C6H13.2HI.Sm/c1-3-5-6-4-2;;;/h1,3-6H2,2H3;2*1H;/p-2. The molecule has 0 aromatic carbocycles. The van der Waals surface area contributed by atoms with E-state index in [1.54, 1.807) is 0 Å². The average Bonchev–Trinajstić information content (AvgIpc) is 1.61. The van der Waals surface area contributed by atoms with E-state index in [2.05, 4.69) is 13.8 Å². The van der Waals surface area contributed by atoms with Gasteiger partial charge in [-0.2, -0.15) is 0 Å². The molecule has 0 unspecified atom stereocenters. The normalized spacial score (nSPS) is 6.00. The third-order valence-electron chi connectivity index (χ3n) is 0.854. The quantitative estimate of drug-likeness (QED) is 0.284. The van der Waals surface area contributed by atoms with Gasteiger partial charge in [-0.25, -0.2) is 0 Å². The molecule has 0 rings (SSSR count).